The van der Waals surface area contributed by atoms with Gasteiger partial charge in [-0.1, -0.05) is 64.1 Å². The van der Waals surface area contributed by atoms with E-state index in [2.05, 4.69) is 62.3 Å². The van der Waals surface area contributed by atoms with Gasteiger partial charge in [0.05, 0.1) is 17.1 Å². The zero-order chi connectivity index (χ0) is 23.5. The maximum Gasteiger partial charge on any atom is 0.240 e. The van der Waals surface area contributed by atoms with Gasteiger partial charge in [0, 0.05) is 6.26 Å². The Morgan fingerprint density at radius 1 is 1.03 bits per heavy atom. The van der Waals surface area contributed by atoms with Crippen LogP contribution in [-0.4, -0.2) is 30.1 Å². The molecule has 32 heavy (non-hydrogen) atoms. The molecule has 2 aromatic carbocycles. The summed E-state index contributed by atoms with van der Waals surface area (Å²) in [5, 5.41) is 3.15. The van der Waals surface area contributed by atoms with Gasteiger partial charge >= 0.3 is 0 Å². The number of hydrogen-bond acceptors (Lipinski definition) is 4. The smallest absolute Gasteiger partial charge is 0.240 e. The molecule has 0 saturated heterocycles. The Morgan fingerprint density at radius 2 is 1.69 bits per heavy atom. The highest BCUT2D eigenvalue weighted by Gasteiger charge is 2.21. The molecule has 7 heteroatoms. The normalized spacial score (nSPS) is 13.1. The van der Waals surface area contributed by atoms with Crippen molar-refractivity contribution in [1.29, 1.82) is 0 Å². The van der Waals surface area contributed by atoms with E-state index in [1.807, 2.05) is 24.3 Å². The van der Waals surface area contributed by atoms with E-state index in [9.17, 15) is 13.2 Å². The number of nitrogens with one attached hydrogen (secondary N) is 1. The molecule has 0 aliphatic rings. The Bertz CT molecular complexity index is 1180. The summed E-state index contributed by atoms with van der Waals surface area (Å²) in [7, 11) is -3.29. The molecule has 0 aliphatic carbocycles. The summed E-state index contributed by atoms with van der Waals surface area (Å²) in [6, 6.07) is 15.7. The predicted octanol–water partition coefficient (Wildman–Crippen LogP) is 4.29. The maximum atomic E-state index is 13.1. The molecule has 0 bridgehead atoms. The highest BCUT2D eigenvalue weighted by Crippen LogP contribution is 2.24. The SMILES string of the molecule is CC(C)Cc1ccc(C(NC(=O)Cn2c(CS(C)(=O)=O)nc3ccccc32)C(C)C)cc1. The van der Waals surface area contributed by atoms with Crippen LogP contribution in [0.15, 0.2) is 48.5 Å². The number of carbonyl (C=O) groups is 1. The molecular weight excluding hydrogens is 422 g/mol. The lowest BCUT2D eigenvalue weighted by atomic mass is 9.93. The van der Waals surface area contributed by atoms with Crippen LogP contribution in [0.2, 0.25) is 0 Å². The maximum absolute atomic E-state index is 13.1. The van der Waals surface area contributed by atoms with Gasteiger partial charge in [-0.25, -0.2) is 13.4 Å². The van der Waals surface area contributed by atoms with E-state index in [0.29, 0.717) is 17.3 Å². The second kappa shape index (κ2) is 9.86. The molecule has 0 aliphatic heterocycles. The van der Waals surface area contributed by atoms with E-state index in [0.717, 1.165) is 17.5 Å². The quantitative estimate of drug-likeness (QED) is 0.522. The minimum atomic E-state index is -3.29. The predicted molar refractivity (Wildman–Crippen MR) is 129 cm³/mol. The fourth-order valence-electron chi connectivity index (χ4n) is 3.98. The van der Waals surface area contributed by atoms with Crippen LogP contribution in [-0.2, 0) is 33.4 Å². The molecule has 1 N–H and O–H groups in total. The lowest BCUT2D eigenvalue weighted by molar-refractivity contribution is -0.122. The number of para-hydroxylation sites is 2. The standard InChI is InChI=1S/C25H33N3O3S/c1-17(2)14-19-10-12-20(13-11-19)25(18(3)4)27-24(29)15-28-22-9-7-6-8-21(22)26-23(28)16-32(5,30)31/h6-13,17-18,25H,14-16H2,1-5H3,(H,27,29). The van der Waals surface area contributed by atoms with Crippen molar-refractivity contribution in [2.24, 2.45) is 11.8 Å². The minimum absolute atomic E-state index is 0.0139. The topological polar surface area (TPSA) is 81.1 Å². The summed E-state index contributed by atoms with van der Waals surface area (Å²) in [6.07, 6.45) is 2.20. The monoisotopic (exact) mass is 455 g/mol. The first-order chi connectivity index (χ1) is 15.0. The molecular formula is C25H33N3O3S. The first-order valence-corrected chi connectivity index (χ1v) is 13.1. The molecule has 0 spiro atoms. The van der Waals surface area contributed by atoms with Crippen LogP contribution in [0.3, 0.4) is 0 Å². The number of aromatic nitrogens is 2. The van der Waals surface area contributed by atoms with E-state index in [-0.39, 0.29) is 30.2 Å². The average Bonchev–Trinajstić information content (AvgIpc) is 3.01. The van der Waals surface area contributed by atoms with Gasteiger partial charge in [0.15, 0.2) is 9.84 Å². The Hall–Kier alpha value is -2.67. The molecule has 6 nitrogen and oxygen atoms in total. The van der Waals surface area contributed by atoms with Gasteiger partial charge < -0.3 is 9.88 Å². The lowest BCUT2D eigenvalue weighted by Gasteiger charge is -2.24. The molecule has 1 aromatic heterocycles. The zero-order valence-electron chi connectivity index (χ0n) is 19.5. The number of sulfone groups is 1. The Morgan fingerprint density at radius 3 is 2.28 bits per heavy atom. The summed E-state index contributed by atoms with van der Waals surface area (Å²) in [6.45, 7) is 8.56. The Labute approximate surface area is 191 Å². The van der Waals surface area contributed by atoms with Gasteiger partial charge in [0.2, 0.25) is 5.91 Å². The number of hydrogen-bond donors (Lipinski definition) is 1. The van der Waals surface area contributed by atoms with Gasteiger partial charge in [-0.15, -0.1) is 0 Å². The van der Waals surface area contributed by atoms with Gasteiger partial charge in [-0.05, 0) is 41.5 Å². The van der Waals surface area contributed by atoms with Crippen LogP contribution in [0.4, 0.5) is 0 Å². The number of nitrogens with zero attached hydrogens (tertiary/aromatic N) is 2. The second-order valence-corrected chi connectivity index (χ2v) is 11.4. The van der Waals surface area contributed by atoms with E-state index < -0.39 is 9.84 Å². The molecule has 0 saturated carbocycles. The van der Waals surface area contributed by atoms with Gasteiger partial charge in [0.25, 0.3) is 0 Å². The summed E-state index contributed by atoms with van der Waals surface area (Å²) >= 11 is 0. The number of carbonyl (C=O) groups excluding carboxylic acids is 1. The van der Waals surface area contributed by atoms with E-state index >= 15 is 0 Å². The van der Waals surface area contributed by atoms with Crippen LogP contribution >= 0.6 is 0 Å². The lowest BCUT2D eigenvalue weighted by Crippen LogP contribution is -2.34. The summed E-state index contributed by atoms with van der Waals surface area (Å²) < 4.78 is 25.5. The average molecular weight is 456 g/mol. The fraction of sp³-hybridized carbons (Fsp3) is 0.440. The molecule has 172 valence electrons. The molecule has 0 radical (unpaired) electrons. The summed E-state index contributed by atoms with van der Waals surface area (Å²) in [4.78, 5) is 17.5. The number of imidazole rings is 1. The van der Waals surface area contributed by atoms with Crippen molar-refractivity contribution in [1.82, 2.24) is 14.9 Å². The third kappa shape index (κ3) is 6.19. The van der Waals surface area contributed by atoms with Crippen LogP contribution in [0, 0.1) is 11.8 Å². The molecule has 1 unspecified atom stereocenters. The van der Waals surface area contributed by atoms with E-state index in [1.165, 1.54) is 11.8 Å². The van der Waals surface area contributed by atoms with Gasteiger partial charge in [-0.3, -0.25) is 4.79 Å². The van der Waals surface area contributed by atoms with Crippen LogP contribution in [0.25, 0.3) is 11.0 Å². The second-order valence-electron chi connectivity index (χ2n) is 9.30. The van der Waals surface area contributed by atoms with Crippen LogP contribution in [0.1, 0.15) is 50.7 Å². The van der Waals surface area contributed by atoms with Crippen molar-refractivity contribution >= 4 is 26.8 Å². The molecule has 1 heterocycles. The van der Waals surface area contributed by atoms with Crippen molar-refractivity contribution in [3.63, 3.8) is 0 Å². The number of rotatable bonds is 9. The van der Waals surface area contributed by atoms with E-state index in [4.69, 9.17) is 0 Å². The Balaban J connectivity index is 1.83. The molecule has 1 amide bonds. The highest BCUT2D eigenvalue weighted by atomic mass is 32.2. The summed E-state index contributed by atoms with van der Waals surface area (Å²) in [5.41, 5.74) is 3.78. The first kappa shape index (κ1) is 24.0. The first-order valence-electron chi connectivity index (χ1n) is 11.0. The van der Waals surface area contributed by atoms with Crippen molar-refractivity contribution in [2.45, 2.75) is 52.5 Å². The number of benzene rings is 2. The van der Waals surface area contributed by atoms with Crippen LogP contribution in [0.5, 0.6) is 0 Å². The largest absolute Gasteiger partial charge is 0.347 e. The third-order valence-corrected chi connectivity index (χ3v) is 6.18. The molecule has 3 rings (SSSR count). The molecule has 3 aromatic rings. The number of fused-ring (bicyclic) bond motifs is 1. The third-order valence-electron chi connectivity index (χ3n) is 5.39. The van der Waals surface area contributed by atoms with Crippen molar-refractivity contribution in [3.8, 4) is 0 Å². The van der Waals surface area contributed by atoms with Crippen molar-refractivity contribution < 1.29 is 13.2 Å². The van der Waals surface area contributed by atoms with Crippen LogP contribution < -0.4 is 5.32 Å². The van der Waals surface area contributed by atoms with E-state index in [1.54, 1.807) is 4.57 Å². The van der Waals surface area contributed by atoms with Gasteiger partial charge in [0.1, 0.15) is 18.1 Å². The Kier molecular flexibility index (Phi) is 7.39. The molecule has 1 atom stereocenters. The number of amides is 1. The van der Waals surface area contributed by atoms with Gasteiger partial charge in [-0.2, -0.15) is 0 Å². The minimum Gasteiger partial charge on any atom is -0.347 e. The summed E-state index contributed by atoms with van der Waals surface area (Å²) in [5.74, 6) is 0.785. The zero-order valence-corrected chi connectivity index (χ0v) is 20.3. The van der Waals surface area contributed by atoms with Crippen molar-refractivity contribution in [3.05, 3.63) is 65.5 Å². The fourth-order valence-corrected chi connectivity index (χ4v) is 4.67. The molecule has 0 fully saturated rings. The highest BCUT2D eigenvalue weighted by molar-refractivity contribution is 7.89. The van der Waals surface area contributed by atoms with Crippen molar-refractivity contribution in [2.75, 3.05) is 6.26 Å².